The number of carbonyl (C=O) groups is 1. The molecular weight excluding hydrogens is 360 g/mol. The quantitative estimate of drug-likeness (QED) is 0.531. The van der Waals surface area contributed by atoms with Gasteiger partial charge >= 0.3 is 5.97 Å². The topological polar surface area (TPSA) is 108 Å². The number of nitrogens with zero attached hydrogens (tertiary/aromatic N) is 5. The summed E-state index contributed by atoms with van der Waals surface area (Å²) in [4.78, 5) is 35.7. The molecule has 142 valence electrons. The second-order valence-electron chi connectivity index (χ2n) is 6.31. The molecule has 1 N–H and O–H groups in total. The summed E-state index contributed by atoms with van der Waals surface area (Å²) in [6, 6.07) is 8.07. The van der Waals surface area contributed by atoms with Crippen LogP contribution in [-0.2, 0) is 11.3 Å². The number of hydrogen-bond acceptors (Lipinski definition) is 6. The van der Waals surface area contributed by atoms with E-state index in [1.54, 1.807) is 17.8 Å². The molecule has 3 aromatic heterocycles. The molecule has 9 nitrogen and oxygen atoms in total. The van der Waals surface area contributed by atoms with E-state index in [1.165, 1.54) is 22.6 Å². The van der Waals surface area contributed by atoms with E-state index in [2.05, 4.69) is 20.1 Å². The minimum absolute atomic E-state index is 0.175. The average Bonchev–Trinajstić information content (AvgIpc) is 3.32. The lowest BCUT2D eigenvalue weighted by atomic mass is 10.1. The summed E-state index contributed by atoms with van der Waals surface area (Å²) in [6.07, 6.45) is 4.40. The standard InChI is InChI=1S/C19H18N6O3/c1-3-28-18(27)14-8-21-25(10-14)19-22-16-15(17(26)23-19)24(11-20-16)9-13-6-4-12(2)5-7-13/h4-8,10-11H,3,9H2,1-2H3,(H,22,23,26). The van der Waals surface area contributed by atoms with Gasteiger partial charge in [0.05, 0.1) is 24.7 Å². The molecule has 0 spiro atoms. The average molecular weight is 378 g/mol. The number of fused-ring (bicyclic) bond motifs is 1. The van der Waals surface area contributed by atoms with Gasteiger partial charge in [-0.2, -0.15) is 10.1 Å². The maximum atomic E-state index is 12.7. The molecule has 0 atom stereocenters. The summed E-state index contributed by atoms with van der Waals surface area (Å²) < 4.78 is 8.00. The summed E-state index contributed by atoms with van der Waals surface area (Å²) in [6.45, 7) is 4.52. The van der Waals surface area contributed by atoms with Crippen LogP contribution in [0.1, 0.15) is 28.4 Å². The molecule has 0 saturated heterocycles. The summed E-state index contributed by atoms with van der Waals surface area (Å²) >= 11 is 0. The number of hydrogen-bond donors (Lipinski definition) is 1. The van der Waals surface area contributed by atoms with Crippen molar-refractivity contribution in [1.29, 1.82) is 0 Å². The molecule has 4 aromatic rings. The van der Waals surface area contributed by atoms with Crippen molar-refractivity contribution < 1.29 is 9.53 Å². The number of aromatic nitrogens is 6. The highest BCUT2D eigenvalue weighted by Gasteiger charge is 2.15. The first kappa shape index (κ1) is 17.7. The largest absolute Gasteiger partial charge is 0.462 e. The minimum Gasteiger partial charge on any atom is -0.462 e. The van der Waals surface area contributed by atoms with Crippen molar-refractivity contribution in [1.82, 2.24) is 29.3 Å². The van der Waals surface area contributed by atoms with Crippen LogP contribution >= 0.6 is 0 Å². The van der Waals surface area contributed by atoms with E-state index in [-0.39, 0.29) is 23.7 Å². The second kappa shape index (κ2) is 7.10. The summed E-state index contributed by atoms with van der Waals surface area (Å²) in [5.74, 6) is -0.312. The van der Waals surface area contributed by atoms with Crippen molar-refractivity contribution in [3.63, 3.8) is 0 Å². The zero-order valence-electron chi connectivity index (χ0n) is 15.4. The molecule has 0 bridgehead atoms. The van der Waals surface area contributed by atoms with Crippen LogP contribution in [-0.4, -0.2) is 41.9 Å². The molecule has 0 aliphatic rings. The number of ether oxygens (including phenoxy) is 1. The lowest BCUT2D eigenvalue weighted by Crippen LogP contribution is -2.16. The van der Waals surface area contributed by atoms with E-state index in [0.717, 1.165) is 5.56 Å². The molecule has 28 heavy (non-hydrogen) atoms. The minimum atomic E-state index is -0.487. The Bertz CT molecular complexity index is 1200. The Hall–Kier alpha value is -3.75. The Morgan fingerprint density at radius 1 is 1.25 bits per heavy atom. The fourth-order valence-electron chi connectivity index (χ4n) is 2.85. The first-order chi connectivity index (χ1) is 13.5. The molecule has 0 saturated carbocycles. The molecule has 0 aliphatic carbocycles. The number of esters is 1. The fraction of sp³-hybridized carbons (Fsp3) is 0.211. The predicted molar refractivity (Wildman–Crippen MR) is 102 cm³/mol. The maximum Gasteiger partial charge on any atom is 0.341 e. The van der Waals surface area contributed by atoms with Crippen LogP contribution < -0.4 is 5.56 Å². The molecule has 9 heteroatoms. The zero-order chi connectivity index (χ0) is 19.7. The van der Waals surface area contributed by atoms with E-state index in [1.807, 2.05) is 31.2 Å². The van der Waals surface area contributed by atoms with Gasteiger partial charge in [0.1, 0.15) is 0 Å². The van der Waals surface area contributed by atoms with Gasteiger partial charge in [-0.1, -0.05) is 29.8 Å². The summed E-state index contributed by atoms with van der Waals surface area (Å²) in [5, 5.41) is 4.07. The van der Waals surface area contributed by atoms with Crippen LogP contribution in [0.3, 0.4) is 0 Å². The van der Waals surface area contributed by atoms with E-state index in [0.29, 0.717) is 17.7 Å². The molecule has 4 rings (SSSR count). The number of rotatable bonds is 5. The summed E-state index contributed by atoms with van der Waals surface area (Å²) in [5.41, 5.74) is 2.85. The molecule has 3 heterocycles. The Balaban J connectivity index is 1.67. The second-order valence-corrected chi connectivity index (χ2v) is 6.31. The predicted octanol–water partition coefficient (Wildman–Crippen LogP) is 1.84. The monoisotopic (exact) mass is 378 g/mol. The molecule has 0 unspecified atom stereocenters. The number of imidazole rings is 1. The van der Waals surface area contributed by atoms with Gasteiger partial charge in [0, 0.05) is 12.7 Å². The van der Waals surface area contributed by atoms with Crippen LogP contribution in [0, 0.1) is 6.92 Å². The summed E-state index contributed by atoms with van der Waals surface area (Å²) in [7, 11) is 0. The van der Waals surface area contributed by atoms with Crippen molar-refractivity contribution in [2.75, 3.05) is 6.61 Å². The van der Waals surface area contributed by atoms with E-state index in [4.69, 9.17) is 4.74 Å². The number of aromatic amines is 1. The highest BCUT2D eigenvalue weighted by atomic mass is 16.5. The highest BCUT2D eigenvalue weighted by molar-refractivity contribution is 5.88. The first-order valence-corrected chi connectivity index (χ1v) is 8.78. The van der Waals surface area contributed by atoms with Gasteiger partial charge in [-0.15, -0.1) is 0 Å². The van der Waals surface area contributed by atoms with Gasteiger partial charge in [-0.25, -0.2) is 14.5 Å². The normalized spacial score (nSPS) is 11.1. The number of aryl methyl sites for hydroxylation is 1. The highest BCUT2D eigenvalue weighted by Crippen LogP contribution is 2.12. The number of H-pyrrole nitrogens is 1. The van der Waals surface area contributed by atoms with Crippen molar-refractivity contribution in [3.05, 3.63) is 70.0 Å². The Labute approximate surface area is 159 Å². The molecule has 0 radical (unpaired) electrons. The third-order valence-corrected chi connectivity index (χ3v) is 4.25. The van der Waals surface area contributed by atoms with Crippen LogP contribution in [0.2, 0.25) is 0 Å². The lowest BCUT2D eigenvalue weighted by molar-refractivity contribution is 0.0526. The third kappa shape index (κ3) is 3.29. The number of nitrogens with one attached hydrogen (secondary N) is 1. The van der Waals surface area contributed by atoms with Gasteiger partial charge < -0.3 is 9.30 Å². The lowest BCUT2D eigenvalue weighted by Gasteiger charge is -2.05. The zero-order valence-corrected chi connectivity index (χ0v) is 15.4. The van der Waals surface area contributed by atoms with Gasteiger partial charge in [-0.05, 0) is 19.4 Å². The molecule has 1 aromatic carbocycles. The van der Waals surface area contributed by atoms with Crippen LogP contribution in [0.5, 0.6) is 0 Å². The molecule has 0 amide bonds. The van der Waals surface area contributed by atoms with E-state index < -0.39 is 5.97 Å². The molecule has 0 aliphatic heterocycles. The van der Waals surface area contributed by atoms with Gasteiger partial charge in [0.25, 0.3) is 5.56 Å². The van der Waals surface area contributed by atoms with Crippen molar-refractivity contribution in [3.8, 4) is 5.95 Å². The fourth-order valence-corrected chi connectivity index (χ4v) is 2.85. The van der Waals surface area contributed by atoms with E-state index in [9.17, 15) is 9.59 Å². The Morgan fingerprint density at radius 3 is 2.79 bits per heavy atom. The Morgan fingerprint density at radius 2 is 2.04 bits per heavy atom. The number of carbonyl (C=O) groups excluding carboxylic acids is 1. The SMILES string of the molecule is CCOC(=O)c1cnn(-c2nc3ncn(Cc4ccc(C)cc4)c3c(=O)[nH]2)c1. The Kier molecular flexibility index (Phi) is 4.48. The van der Waals surface area contributed by atoms with Crippen molar-refractivity contribution in [2.45, 2.75) is 20.4 Å². The maximum absolute atomic E-state index is 12.7. The third-order valence-electron chi connectivity index (χ3n) is 4.25. The van der Waals surface area contributed by atoms with Gasteiger partial charge in [0.15, 0.2) is 11.2 Å². The van der Waals surface area contributed by atoms with Crippen molar-refractivity contribution >= 4 is 17.1 Å². The molecule has 0 fully saturated rings. The van der Waals surface area contributed by atoms with Crippen LogP contribution in [0.4, 0.5) is 0 Å². The van der Waals surface area contributed by atoms with E-state index >= 15 is 0 Å². The first-order valence-electron chi connectivity index (χ1n) is 8.78. The van der Waals surface area contributed by atoms with Gasteiger partial charge in [-0.3, -0.25) is 9.78 Å². The van der Waals surface area contributed by atoms with Crippen LogP contribution in [0.15, 0.2) is 47.8 Å². The van der Waals surface area contributed by atoms with Crippen LogP contribution in [0.25, 0.3) is 17.1 Å². The van der Waals surface area contributed by atoms with Gasteiger partial charge in [0.2, 0.25) is 5.95 Å². The molecular formula is C19H18N6O3. The number of benzene rings is 1. The smallest absolute Gasteiger partial charge is 0.341 e. The van der Waals surface area contributed by atoms with Crippen molar-refractivity contribution in [2.24, 2.45) is 0 Å².